The van der Waals surface area contributed by atoms with Crippen LogP contribution in [-0.2, 0) is 14.3 Å². The van der Waals surface area contributed by atoms with Crippen molar-refractivity contribution in [1.29, 1.82) is 0 Å². The Morgan fingerprint density at radius 2 is 2.25 bits per heavy atom. The molecule has 28 heavy (non-hydrogen) atoms. The van der Waals surface area contributed by atoms with Gasteiger partial charge < -0.3 is 19.3 Å². The molecule has 1 aromatic heterocycles. The first-order valence-corrected chi connectivity index (χ1v) is 9.07. The Labute approximate surface area is 161 Å². The number of methoxy groups -OCH3 is 1. The molecule has 8 nitrogen and oxygen atoms in total. The molecule has 2 amide bonds. The number of hydrogen-bond acceptors (Lipinski definition) is 6. The monoisotopic (exact) mass is 381 g/mol. The summed E-state index contributed by atoms with van der Waals surface area (Å²) in [4.78, 5) is 27.8. The van der Waals surface area contributed by atoms with E-state index in [2.05, 4.69) is 10.5 Å². The second-order valence-corrected chi connectivity index (χ2v) is 7.34. The maximum atomic E-state index is 13.2. The van der Waals surface area contributed by atoms with Gasteiger partial charge in [-0.15, -0.1) is 0 Å². The van der Waals surface area contributed by atoms with E-state index in [-0.39, 0.29) is 11.8 Å². The van der Waals surface area contributed by atoms with Crippen LogP contribution < -0.4 is 15.0 Å². The SMILES string of the molecule is COc1cccc(NC(=O)C2C3C=CC4(CN(c5cc(C)on5)C(=O)C24)O3)c1. The molecule has 1 spiro atoms. The fourth-order valence-electron chi connectivity index (χ4n) is 4.40. The number of aromatic nitrogens is 1. The Balaban J connectivity index is 1.42. The fourth-order valence-corrected chi connectivity index (χ4v) is 4.40. The number of aryl methyl sites for hydroxylation is 1. The first kappa shape index (κ1) is 17.0. The molecule has 4 heterocycles. The molecule has 2 aromatic rings. The Morgan fingerprint density at radius 1 is 1.39 bits per heavy atom. The predicted molar refractivity (Wildman–Crippen MR) is 98.9 cm³/mol. The number of nitrogens with one attached hydrogen (secondary N) is 1. The van der Waals surface area contributed by atoms with Crippen LogP contribution in [0.4, 0.5) is 11.5 Å². The highest BCUT2D eigenvalue weighted by Gasteiger charge is 2.67. The Hall–Kier alpha value is -3.13. The zero-order valence-corrected chi connectivity index (χ0v) is 15.4. The molecule has 8 heteroatoms. The lowest BCUT2D eigenvalue weighted by molar-refractivity contribution is -0.128. The van der Waals surface area contributed by atoms with E-state index in [0.29, 0.717) is 29.6 Å². The van der Waals surface area contributed by atoms with Gasteiger partial charge in [-0.3, -0.25) is 14.5 Å². The van der Waals surface area contributed by atoms with Gasteiger partial charge in [0.2, 0.25) is 11.8 Å². The topological polar surface area (TPSA) is 93.9 Å². The quantitative estimate of drug-likeness (QED) is 0.814. The zero-order valence-electron chi connectivity index (χ0n) is 15.4. The second-order valence-electron chi connectivity index (χ2n) is 7.34. The first-order valence-electron chi connectivity index (χ1n) is 9.07. The van der Waals surface area contributed by atoms with E-state index in [4.69, 9.17) is 14.0 Å². The molecule has 3 aliphatic heterocycles. The van der Waals surface area contributed by atoms with Crippen LogP contribution in [0.15, 0.2) is 47.0 Å². The summed E-state index contributed by atoms with van der Waals surface area (Å²) < 4.78 is 16.4. The lowest BCUT2D eigenvalue weighted by atomic mass is 9.77. The third-order valence-corrected chi connectivity index (χ3v) is 5.63. The van der Waals surface area contributed by atoms with E-state index in [1.807, 2.05) is 12.2 Å². The molecule has 1 N–H and O–H groups in total. The summed E-state index contributed by atoms with van der Waals surface area (Å²) in [5.74, 6) is 0.0748. The minimum atomic E-state index is -0.801. The Morgan fingerprint density at radius 3 is 3.00 bits per heavy atom. The van der Waals surface area contributed by atoms with Gasteiger partial charge in [0.1, 0.15) is 17.1 Å². The van der Waals surface area contributed by atoms with Crippen molar-refractivity contribution in [3.8, 4) is 5.75 Å². The average Bonchev–Trinajstić information content (AvgIpc) is 3.43. The van der Waals surface area contributed by atoms with Gasteiger partial charge in [0.25, 0.3) is 0 Å². The van der Waals surface area contributed by atoms with Crippen molar-refractivity contribution >= 4 is 23.3 Å². The van der Waals surface area contributed by atoms with Crippen molar-refractivity contribution in [2.24, 2.45) is 11.8 Å². The van der Waals surface area contributed by atoms with Gasteiger partial charge >= 0.3 is 0 Å². The molecule has 2 fully saturated rings. The van der Waals surface area contributed by atoms with Crippen molar-refractivity contribution in [3.05, 3.63) is 48.2 Å². The predicted octanol–water partition coefficient (Wildman–Crippen LogP) is 1.92. The van der Waals surface area contributed by atoms with Crippen molar-refractivity contribution in [2.45, 2.75) is 18.6 Å². The van der Waals surface area contributed by atoms with Gasteiger partial charge in [0.05, 0.1) is 31.6 Å². The van der Waals surface area contributed by atoms with Gasteiger partial charge in [-0.05, 0) is 19.1 Å². The van der Waals surface area contributed by atoms with Crippen LogP contribution in [0.1, 0.15) is 5.76 Å². The van der Waals surface area contributed by atoms with E-state index in [1.54, 1.807) is 49.3 Å². The van der Waals surface area contributed by atoms with E-state index >= 15 is 0 Å². The lowest BCUT2D eigenvalue weighted by Crippen LogP contribution is -2.41. The van der Waals surface area contributed by atoms with E-state index in [9.17, 15) is 9.59 Å². The van der Waals surface area contributed by atoms with Crippen molar-refractivity contribution in [2.75, 3.05) is 23.9 Å². The third-order valence-electron chi connectivity index (χ3n) is 5.63. The molecule has 0 aliphatic carbocycles. The summed E-state index contributed by atoms with van der Waals surface area (Å²) in [7, 11) is 1.57. The molecule has 5 rings (SSSR count). The average molecular weight is 381 g/mol. The molecule has 3 aliphatic rings. The van der Waals surface area contributed by atoms with E-state index < -0.39 is 23.5 Å². The summed E-state index contributed by atoms with van der Waals surface area (Å²) in [6.07, 6.45) is 3.36. The van der Waals surface area contributed by atoms with Gasteiger partial charge in [-0.25, -0.2) is 0 Å². The summed E-state index contributed by atoms with van der Waals surface area (Å²) >= 11 is 0. The first-order chi connectivity index (χ1) is 13.5. The molecule has 2 bridgehead atoms. The molecule has 2 saturated heterocycles. The van der Waals surface area contributed by atoms with E-state index in [1.165, 1.54) is 0 Å². The molecule has 4 atom stereocenters. The fraction of sp³-hybridized carbons (Fsp3) is 0.350. The highest BCUT2D eigenvalue weighted by molar-refractivity contribution is 6.05. The van der Waals surface area contributed by atoms with Crippen LogP contribution in [0.5, 0.6) is 5.75 Å². The summed E-state index contributed by atoms with van der Waals surface area (Å²) in [6, 6.07) is 8.81. The summed E-state index contributed by atoms with van der Waals surface area (Å²) in [5, 5.41) is 6.84. The largest absolute Gasteiger partial charge is 0.497 e. The third kappa shape index (κ3) is 2.37. The number of carbonyl (C=O) groups is 2. The van der Waals surface area contributed by atoms with Crippen LogP contribution in [0, 0.1) is 18.8 Å². The van der Waals surface area contributed by atoms with Gasteiger partial charge in [-0.1, -0.05) is 23.4 Å². The highest BCUT2D eigenvalue weighted by Crippen LogP contribution is 2.52. The van der Waals surface area contributed by atoms with Crippen molar-refractivity contribution < 1.29 is 23.6 Å². The minimum absolute atomic E-state index is 0.175. The van der Waals surface area contributed by atoms with Crippen molar-refractivity contribution in [1.82, 2.24) is 5.16 Å². The molecule has 0 saturated carbocycles. The zero-order chi connectivity index (χ0) is 19.5. The number of hydrogen-bond donors (Lipinski definition) is 1. The number of rotatable bonds is 4. The maximum Gasteiger partial charge on any atom is 0.235 e. The molecule has 144 valence electrons. The number of nitrogens with zero attached hydrogens (tertiary/aromatic N) is 2. The maximum absolute atomic E-state index is 13.2. The smallest absolute Gasteiger partial charge is 0.235 e. The van der Waals surface area contributed by atoms with E-state index in [0.717, 1.165) is 0 Å². The van der Waals surface area contributed by atoms with Crippen LogP contribution in [0.3, 0.4) is 0 Å². The van der Waals surface area contributed by atoms with Crippen LogP contribution >= 0.6 is 0 Å². The summed E-state index contributed by atoms with van der Waals surface area (Å²) in [5.41, 5.74) is -0.190. The van der Waals surface area contributed by atoms with Gasteiger partial charge in [-0.2, -0.15) is 0 Å². The second kappa shape index (κ2) is 5.93. The van der Waals surface area contributed by atoms with Gasteiger partial charge in [0, 0.05) is 17.8 Å². The van der Waals surface area contributed by atoms with Crippen LogP contribution in [0.25, 0.3) is 0 Å². The van der Waals surface area contributed by atoms with Crippen molar-refractivity contribution in [3.63, 3.8) is 0 Å². The number of carbonyl (C=O) groups excluding carboxylic acids is 2. The number of fused-ring (bicyclic) bond motifs is 1. The number of ether oxygens (including phenoxy) is 2. The molecule has 1 aromatic carbocycles. The number of amides is 2. The van der Waals surface area contributed by atoms with Crippen LogP contribution in [0.2, 0.25) is 0 Å². The highest BCUT2D eigenvalue weighted by atomic mass is 16.5. The lowest BCUT2D eigenvalue weighted by Gasteiger charge is -2.23. The Bertz CT molecular complexity index is 999. The molecular weight excluding hydrogens is 362 g/mol. The van der Waals surface area contributed by atoms with Gasteiger partial charge in [0.15, 0.2) is 5.82 Å². The number of benzene rings is 1. The number of anilines is 2. The van der Waals surface area contributed by atoms with Crippen LogP contribution in [-0.4, -0.2) is 42.3 Å². The normalized spacial score (nSPS) is 30.0. The molecule has 4 unspecified atom stereocenters. The molecule has 0 radical (unpaired) electrons. The minimum Gasteiger partial charge on any atom is -0.497 e. The Kier molecular flexibility index (Phi) is 3.60. The molecular formula is C20H19N3O5. The standard InChI is InChI=1S/C20H19N3O5/c1-11-8-15(22-28-11)23-10-20-7-6-14(27-20)16(17(20)19(23)25)18(24)21-12-4-3-5-13(9-12)26-2/h3-9,14,16-17H,10H2,1-2H3,(H,21,24). The summed E-state index contributed by atoms with van der Waals surface area (Å²) in [6.45, 7) is 2.08.